The molecule has 0 aromatic heterocycles. The molecule has 0 unspecified atom stereocenters. The third-order valence-corrected chi connectivity index (χ3v) is 1.82. The molecular formula is C8H8Cl2O. The number of halogens is 2. The van der Waals surface area contributed by atoms with E-state index in [1.54, 1.807) is 0 Å². The van der Waals surface area contributed by atoms with Crippen LogP contribution in [0.4, 0.5) is 0 Å². The van der Waals surface area contributed by atoms with Gasteiger partial charge in [0.25, 0.3) is 0 Å². The van der Waals surface area contributed by atoms with Crippen molar-refractivity contribution in [1.82, 2.24) is 0 Å². The first-order valence-corrected chi connectivity index (χ1v) is 4.08. The molecule has 1 nitrogen and oxygen atoms in total. The van der Waals surface area contributed by atoms with Crippen LogP contribution in [-0.4, -0.2) is 0 Å². The average Bonchev–Trinajstić information content (AvgIpc) is 2.07. The number of hydrogen-bond donors (Lipinski definition) is 0. The smallest absolute Gasteiger partial charge is 0.0933 e. The lowest BCUT2D eigenvalue weighted by Gasteiger charge is -1.98. The molecule has 0 fully saturated rings. The molecule has 1 aromatic carbocycles. The average molecular weight is 191 g/mol. The van der Waals surface area contributed by atoms with Crippen molar-refractivity contribution in [3.8, 4) is 0 Å². The first-order chi connectivity index (χ1) is 5.36. The van der Waals surface area contributed by atoms with Crippen LogP contribution in [0.1, 0.15) is 11.1 Å². The van der Waals surface area contributed by atoms with E-state index in [4.69, 9.17) is 23.5 Å². The summed E-state index contributed by atoms with van der Waals surface area (Å²) in [6.45, 7) is 0.435. The monoisotopic (exact) mass is 190 g/mol. The minimum Gasteiger partial charge on any atom is -0.274 e. The van der Waals surface area contributed by atoms with Crippen LogP contribution in [0.25, 0.3) is 0 Å². The van der Waals surface area contributed by atoms with E-state index in [1.807, 2.05) is 24.3 Å². The summed E-state index contributed by atoms with van der Waals surface area (Å²) in [7, 11) is 0. The molecule has 0 atom stereocenters. The molecule has 0 spiro atoms. The fraction of sp³-hybridized carbons (Fsp3) is 0.250. The Morgan fingerprint density at radius 3 is 2.09 bits per heavy atom. The van der Waals surface area contributed by atoms with Crippen molar-refractivity contribution in [2.24, 2.45) is 0 Å². The highest BCUT2D eigenvalue weighted by Gasteiger charge is 1.92. The predicted octanol–water partition coefficient (Wildman–Crippen LogP) is 3.10. The summed E-state index contributed by atoms with van der Waals surface area (Å²) in [5, 5.41) is 0. The third kappa shape index (κ3) is 2.70. The summed E-state index contributed by atoms with van der Waals surface area (Å²) in [5.41, 5.74) is 2.15. The Bertz CT molecular complexity index is 208. The highest BCUT2D eigenvalue weighted by Crippen LogP contribution is 2.08. The first kappa shape index (κ1) is 8.85. The van der Waals surface area contributed by atoms with E-state index in [9.17, 15) is 0 Å². The Morgan fingerprint density at radius 1 is 1.09 bits per heavy atom. The van der Waals surface area contributed by atoms with Crippen molar-refractivity contribution in [1.29, 1.82) is 0 Å². The van der Waals surface area contributed by atoms with Crippen molar-refractivity contribution < 1.29 is 4.29 Å². The van der Waals surface area contributed by atoms with Crippen molar-refractivity contribution in [2.45, 2.75) is 12.5 Å². The molecular weight excluding hydrogens is 183 g/mol. The largest absolute Gasteiger partial charge is 0.274 e. The molecule has 1 rings (SSSR count). The quantitative estimate of drug-likeness (QED) is 0.667. The van der Waals surface area contributed by atoms with Crippen LogP contribution >= 0.6 is 23.5 Å². The maximum Gasteiger partial charge on any atom is 0.0933 e. The van der Waals surface area contributed by atoms with E-state index in [2.05, 4.69) is 4.29 Å². The molecule has 0 saturated carbocycles. The topological polar surface area (TPSA) is 9.23 Å². The van der Waals surface area contributed by atoms with Gasteiger partial charge in [0.15, 0.2) is 0 Å². The summed E-state index contributed by atoms with van der Waals surface area (Å²) in [5.74, 6) is 0.544. The van der Waals surface area contributed by atoms with Gasteiger partial charge in [0.05, 0.1) is 18.5 Å². The molecule has 11 heavy (non-hydrogen) atoms. The summed E-state index contributed by atoms with van der Waals surface area (Å²) in [4.78, 5) is 0. The van der Waals surface area contributed by atoms with Gasteiger partial charge in [-0.15, -0.1) is 11.6 Å². The summed E-state index contributed by atoms with van der Waals surface area (Å²) in [6.07, 6.45) is 0. The molecule has 3 heteroatoms. The zero-order chi connectivity index (χ0) is 8.10. The van der Waals surface area contributed by atoms with E-state index < -0.39 is 0 Å². The van der Waals surface area contributed by atoms with Gasteiger partial charge in [-0.25, -0.2) is 0 Å². The van der Waals surface area contributed by atoms with E-state index >= 15 is 0 Å². The lowest BCUT2D eigenvalue weighted by Crippen LogP contribution is -1.84. The molecule has 0 heterocycles. The van der Waals surface area contributed by atoms with Gasteiger partial charge in [-0.3, -0.25) is 4.29 Å². The molecule has 60 valence electrons. The normalized spacial score (nSPS) is 10.0. The second kappa shape index (κ2) is 4.60. The van der Waals surface area contributed by atoms with Gasteiger partial charge in [0.1, 0.15) is 0 Å². The number of benzene rings is 1. The molecule has 0 aliphatic heterocycles. The Labute approximate surface area is 76.1 Å². The Hall–Kier alpha value is -0.240. The number of hydrogen-bond acceptors (Lipinski definition) is 1. The van der Waals surface area contributed by atoms with Crippen molar-refractivity contribution >= 4 is 23.5 Å². The third-order valence-electron chi connectivity index (χ3n) is 1.40. The minimum atomic E-state index is 0.435. The predicted molar refractivity (Wildman–Crippen MR) is 46.6 cm³/mol. The maximum atomic E-state index is 5.60. The molecule has 0 amide bonds. The lowest BCUT2D eigenvalue weighted by atomic mass is 10.2. The Kier molecular flexibility index (Phi) is 3.70. The molecule has 0 radical (unpaired) electrons. The van der Waals surface area contributed by atoms with Gasteiger partial charge >= 0.3 is 0 Å². The molecule has 0 N–H and O–H groups in total. The van der Waals surface area contributed by atoms with Crippen LogP contribution in [0.15, 0.2) is 24.3 Å². The van der Waals surface area contributed by atoms with Crippen LogP contribution in [0.3, 0.4) is 0 Å². The summed E-state index contributed by atoms with van der Waals surface area (Å²) < 4.78 is 4.44. The Balaban J connectivity index is 2.66. The van der Waals surface area contributed by atoms with Gasteiger partial charge in [-0.05, 0) is 11.1 Å². The second-order valence-electron chi connectivity index (χ2n) is 2.20. The zero-order valence-electron chi connectivity index (χ0n) is 5.89. The summed E-state index contributed by atoms with van der Waals surface area (Å²) in [6, 6.07) is 7.80. The van der Waals surface area contributed by atoms with Gasteiger partial charge in [-0.2, -0.15) is 0 Å². The molecule has 0 bridgehead atoms. The SMILES string of the molecule is ClCc1ccc(COCl)cc1. The van der Waals surface area contributed by atoms with Gasteiger partial charge in [0.2, 0.25) is 0 Å². The first-order valence-electron chi connectivity index (χ1n) is 3.24. The summed E-state index contributed by atoms with van der Waals surface area (Å²) >= 11 is 10.7. The van der Waals surface area contributed by atoms with Crippen LogP contribution in [-0.2, 0) is 16.8 Å². The molecule has 0 aliphatic carbocycles. The Morgan fingerprint density at radius 2 is 1.64 bits per heavy atom. The standard InChI is InChI=1S/C8H8Cl2O/c9-5-7-1-3-8(4-2-7)6-11-10/h1-4H,5-6H2. The van der Waals surface area contributed by atoms with Crippen molar-refractivity contribution in [3.05, 3.63) is 35.4 Å². The highest BCUT2D eigenvalue weighted by atomic mass is 35.5. The lowest BCUT2D eigenvalue weighted by molar-refractivity contribution is 0.341. The van der Waals surface area contributed by atoms with E-state index in [-0.39, 0.29) is 0 Å². The van der Waals surface area contributed by atoms with Crippen LogP contribution < -0.4 is 0 Å². The second-order valence-corrected chi connectivity index (χ2v) is 2.69. The number of rotatable bonds is 3. The van der Waals surface area contributed by atoms with Gasteiger partial charge in [0, 0.05) is 5.88 Å². The molecule has 1 aromatic rings. The van der Waals surface area contributed by atoms with E-state index in [1.165, 1.54) is 0 Å². The molecule has 0 aliphatic rings. The molecule has 0 saturated heterocycles. The number of alkyl halides is 1. The maximum absolute atomic E-state index is 5.60. The fourth-order valence-electron chi connectivity index (χ4n) is 0.788. The minimum absolute atomic E-state index is 0.435. The fourth-order valence-corrected chi connectivity index (χ4v) is 1.09. The van der Waals surface area contributed by atoms with Crippen LogP contribution in [0, 0.1) is 0 Å². The zero-order valence-corrected chi connectivity index (χ0v) is 7.40. The van der Waals surface area contributed by atoms with E-state index in [0.717, 1.165) is 11.1 Å². The van der Waals surface area contributed by atoms with Crippen LogP contribution in [0.5, 0.6) is 0 Å². The van der Waals surface area contributed by atoms with Crippen molar-refractivity contribution in [3.63, 3.8) is 0 Å². The van der Waals surface area contributed by atoms with Crippen LogP contribution in [0.2, 0.25) is 0 Å². The van der Waals surface area contributed by atoms with Crippen molar-refractivity contribution in [2.75, 3.05) is 0 Å². The van der Waals surface area contributed by atoms with Gasteiger partial charge in [-0.1, -0.05) is 24.3 Å². The highest BCUT2D eigenvalue weighted by molar-refractivity contribution is 6.17. The van der Waals surface area contributed by atoms with Gasteiger partial charge < -0.3 is 0 Å². The van der Waals surface area contributed by atoms with E-state index in [0.29, 0.717) is 12.5 Å².